The van der Waals surface area contributed by atoms with Crippen molar-refractivity contribution in [3.8, 4) is 0 Å². The van der Waals surface area contributed by atoms with Gasteiger partial charge in [-0.3, -0.25) is 0 Å². The van der Waals surface area contributed by atoms with Crippen molar-refractivity contribution in [2.45, 2.75) is 39.3 Å². The normalized spacial score (nSPS) is 16.6. The van der Waals surface area contributed by atoms with Crippen LogP contribution in [-0.4, -0.2) is 34.6 Å². The number of nitrogens with two attached hydrogens (primary N) is 1. The zero-order valence-corrected chi connectivity index (χ0v) is 9.97. The van der Waals surface area contributed by atoms with E-state index in [1.807, 2.05) is 18.7 Å². The number of nitrogens with zero attached hydrogens (tertiary/aromatic N) is 1. The molecule has 0 spiro atoms. The molecule has 4 N–H and O–H groups in total. The molecule has 4 nitrogen and oxygen atoms in total. The highest BCUT2D eigenvalue weighted by molar-refractivity contribution is 7.99. The number of nitrogens with one attached hydrogen (secondary N) is 1. The lowest BCUT2D eigenvalue weighted by Crippen LogP contribution is -2.43. The summed E-state index contributed by atoms with van der Waals surface area (Å²) in [5, 5.41) is 14.7. The smallest absolute Gasteiger partial charge is 0.156 e. The van der Waals surface area contributed by atoms with E-state index in [0.717, 1.165) is 17.9 Å². The maximum atomic E-state index is 8.45. The van der Waals surface area contributed by atoms with Crippen molar-refractivity contribution in [3.05, 3.63) is 0 Å². The zero-order valence-electron chi connectivity index (χ0n) is 9.16. The van der Waals surface area contributed by atoms with Gasteiger partial charge in [0.15, 0.2) is 5.84 Å². The highest BCUT2D eigenvalue weighted by Gasteiger charge is 2.10. The summed E-state index contributed by atoms with van der Waals surface area (Å²) in [6, 6.07) is 0.325. The van der Waals surface area contributed by atoms with Gasteiger partial charge in [0.2, 0.25) is 0 Å². The lowest BCUT2D eigenvalue weighted by molar-refractivity contribution is 0.314. The molecular weight excluding hydrogens is 198 g/mol. The Labute approximate surface area is 90.3 Å². The van der Waals surface area contributed by atoms with Crippen molar-refractivity contribution in [1.82, 2.24) is 5.32 Å². The van der Waals surface area contributed by atoms with Crippen LogP contribution in [0.1, 0.15) is 27.2 Å². The quantitative estimate of drug-likeness (QED) is 0.198. The molecule has 0 aliphatic rings. The lowest BCUT2D eigenvalue weighted by Gasteiger charge is -2.18. The summed E-state index contributed by atoms with van der Waals surface area (Å²) in [4.78, 5) is 0. The second kappa shape index (κ2) is 7.94. The maximum absolute atomic E-state index is 8.45. The van der Waals surface area contributed by atoms with Gasteiger partial charge in [0.25, 0.3) is 0 Å². The molecule has 0 amide bonds. The molecule has 2 unspecified atom stereocenters. The average molecular weight is 219 g/mol. The fourth-order valence-corrected chi connectivity index (χ4v) is 1.90. The molecule has 5 heteroatoms. The second-order valence-electron chi connectivity index (χ2n) is 3.30. The number of amidine groups is 1. The van der Waals surface area contributed by atoms with Gasteiger partial charge >= 0.3 is 0 Å². The van der Waals surface area contributed by atoms with Crippen LogP contribution in [0.2, 0.25) is 0 Å². The maximum Gasteiger partial charge on any atom is 0.156 e. The Bertz CT molecular complexity index is 175. The number of rotatable bonds is 7. The van der Waals surface area contributed by atoms with Crippen molar-refractivity contribution in [1.29, 1.82) is 0 Å². The Balaban J connectivity index is 3.65. The van der Waals surface area contributed by atoms with E-state index >= 15 is 0 Å². The van der Waals surface area contributed by atoms with Crippen molar-refractivity contribution < 1.29 is 5.21 Å². The topological polar surface area (TPSA) is 70.6 Å². The summed E-state index contributed by atoms with van der Waals surface area (Å²) in [5.41, 5.74) is 5.45. The van der Waals surface area contributed by atoms with E-state index in [9.17, 15) is 0 Å². The van der Waals surface area contributed by atoms with Crippen molar-refractivity contribution in [2.24, 2.45) is 10.9 Å². The molecule has 2 atom stereocenters. The number of thioether (sulfide) groups is 1. The number of hydrogen-bond acceptors (Lipinski definition) is 4. The van der Waals surface area contributed by atoms with Crippen LogP contribution in [0.25, 0.3) is 0 Å². The molecule has 0 radical (unpaired) electrons. The number of hydrogen-bond donors (Lipinski definition) is 3. The molecule has 0 fully saturated rings. The van der Waals surface area contributed by atoms with Crippen molar-refractivity contribution >= 4 is 17.6 Å². The number of oxime groups is 1. The summed E-state index contributed by atoms with van der Waals surface area (Å²) >= 11 is 1.93. The van der Waals surface area contributed by atoms with Gasteiger partial charge in [-0.2, -0.15) is 11.8 Å². The Morgan fingerprint density at radius 3 is 2.71 bits per heavy atom. The first kappa shape index (κ1) is 13.6. The van der Waals surface area contributed by atoms with Gasteiger partial charge in [-0.1, -0.05) is 12.1 Å². The monoisotopic (exact) mass is 219 g/mol. The van der Waals surface area contributed by atoms with Gasteiger partial charge in [-0.05, 0) is 31.8 Å². The fraction of sp³-hybridized carbons (Fsp3) is 0.889. The molecule has 0 heterocycles. The van der Waals surface area contributed by atoms with Gasteiger partial charge in [-0.25, -0.2) is 0 Å². The van der Waals surface area contributed by atoms with Gasteiger partial charge in [-0.15, -0.1) is 0 Å². The Hall–Kier alpha value is -0.420. The van der Waals surface area contributed by atoms with E-state index in [2.05, 4.69) is 24.3 Å². The summed E-state index contributed by atoms with van der Waals surface area (Å²) in [5.74, 6) is 2.54. The van der Waals surface area contributed by atoms with Crippen molar-refractivity contribution in [2.75, 3.05) is 11.5 Å². The highest BCUT2D eigenvalue weighted by Crippen LogP contribution is 2.04. The summed E-state index contributed by atoms with van der Waals surface area (Å²) < 4.78 is 0. The standard InChI is InChI=1S/C9H21N3OS/c1-4-14-6-5-7(2)11-8(3)9(10)12-13/h7-8,11,13H,4-6H2,1-3H3,(H2,10,12). The second-order valence-corrected chi connectivity index (χ2v) is 4.69. The first-order valence-electron chi connectivity index (χ1n) is 4.93. The molecule has 0 aromatic heterocycles. The van der Waals surface area contributed by atoms with E-state index in [-0.39, 0.29) is 11.9 Å². The Kier molecular flexibility index (Phi) is 7.70. The molecule has 0 bridgehead atoms. The van der Waals surface area contributed by atoms with Crippen LogP contribution in [0.15, 0.2) is 5.16 Å². The predicted molar refractivity (Wildman–Crippen MR) is 63.1 cm³/mol. The molecule has 0 saturated carbocycles. The third-order valence-corrected chi connectivity index (χ3v) is 2.93. The fourth-order valence-electron chi connectivity index (χ4n) is 1.09. The van der Waals surface area contributed by atoms with E-state index in [0.29, 0.717) is 6.04 Å². The zero-order chi connectivity index (χ0) is 11.0. The van der Waals surface area contributed by atoms with E-state index < -0.39 is 0 Å². The minimum atomic E-state index is -0.0679. The van der Waals surface area contributed by atoms with E-state index in [1.165, 1.54) is 0 Å². The average Bonchev–Trinajstić information content (AvgIpc) is 2.16. The van der Waals surface area contributed by atoms with Gasteiger partial charge in [0.05, 0.1) is 6.04 Å². The molecule has 0 aliphatic heterocycles. The molecule has 84 valence electrons. The summed E-state index contributed by atoms with van der Waals surface area (Å²) in [6.07, 6.45) is 1.10. The SMILES string of the molecule is CCSCCC(C)NC(C)C(N)=NO. The molecule has 0 saturated heterocycles. The summed E-state index contributed by atoms with van der Waals surface area (Å²) in [6.45, 7) is 6.15. The highest BCUT2D eigenvalue weighted by atomic mass is 32.2. The predicted octanol–water partition coefficient (Wildman–Crippen LogP) is 1.24. The van der Waals surface area contributed by atoms with Gasteiger partial charge in [0, 0.05) is 6.04 Å². The van der Waals surface area contributed by atoms with E-state index in [1.54, 1.807) is 0 Å². The van der Waals surface area contributed by atoms with Crippen LogP contribution in [0.5, 0.6) is 0 Å². The third kappa shape index (κ3) is 6.10. The molecule has 0 aromatic carbocycles. The first-order chi connectivity index (χ1) is 6.61. The largest absolute Gasteiger partial charge is 0.409 e. The van der Waals surface area contributed by atoms with Gasteiger partial charge in [0.1, 0.15) is 0 Å². The lowest BCUT2D eigenvalue weighted by atomic mass is 10.2. The van der Waals surface area contributed by atoms with Crippen LogP contribution < -0.4 is 11.1 Å². The van der Waals surface area contributed by atoms with Crippen LogP contribution in [0.3, 0.4) is 0 Å². The molecular formula is C9H21N3OS. The molecule has 0 rings (SSSR count). The summed E-state index contributed by atoms with van der Waals surface area (Å²) in [7, 11) is 0. The molecule has 0 aromatic rings. The first-order valence-corrected chi connectivity index (χ1v) is 6.08. The third-order valence-electron chi connectivity index (χ3n) is 1.99. The van der Waals surface area contributed by atoms with Crippen LogP contribution in [0.4, 0.5) is 0 Å². The minimum absolute atomic E-state index is 0.0679. The van der Waals surface area contributed by atoms with Crippen molar-refractivity contribution in [3.63, 3.8) is 0 Å². The van der Waals surface area contributed by atoms with Crippen LogP contribution in [-0.2, 0) is 0 Å². The Morgan fingerprint density at radius 1 is 1.57 bits per heavy atom. The van der Waals surface area contributed by atoms with Gasteiger partial charge < -0.3 is 16.3 Å². The molecule has 14 heavy (non-hydrogen) atoms. The minimum Gasteiger partial charge on any atom is -0.409 e. The van der Waals surface area contributed by atoms with E-state index in [4.69, 9.17) is 10.9 Å². The molecule has 0 aliphatic carbocycles. The van der Waals surface area contributed by atoms with Crippen LogP contribution in [0, 0.1) is 0 Å². The Morgan fingerprint density at radius 2 is 2.21 bits per heavy atom. The van der Waals surface area contributed by atoms with Crippen LogP contribution >= 0.6 is 11.8 Å².